The van der Waals surface area contributed by atoms with Crippen molar-refractivity contribution in [1.29, 1.82) is 0 Å². The van der Waals surface area contributed by atoms with E-state index in [4.69, 9.17) is 9.47 Å². The van der Waals surface area contributed by atoms with E-state index in [0.717, 1.165) is 13.2 Å². The molecule has 0 amide bonds. The highest BCUT2D eigenvalue weighted by molar-refractivity contribution is 4.59. The monoisotopic (exact) mass is 186 g/mol. The first kappa shape index (κ1) is 11.0. The maximum Gasteiger partial charge on any atom is 0.146 e. The van der Waals surface area contributed by atoms with E-state index in [1.165, 1.54) is 38.5 Å². The highest BCUT2D eigenvalue weighted by Crippen LogP contribution is 2.15. The molecule has 2 nitrogen and oxygen atoms in total. The Kier molecular flexibility index (Phi) is 6.21. The van der Waals surface area contributed by atoms with Crippen LogP contribution in [0.15, 0.2) is 0 Å². The van der Waals surface area contributed by atoms with E-state index in [1.54, 1.807) is 0 Å². The third kappa shape index (κ3) is 5.27. The summed E-state index contributed by atoms with van der Waals surface area (Å²) in [6.45, 7) is 4.58. The summed E-state index contributed by atoms with van der Waals surface area (Å²) in [6.07, 6.45) is 8.11. The molecule has 0 radical (unpaired) electrons. The summed E-state index contributed by atoms with van der Waals surface area (Å²) in [6, 6.07) is 0. The van der Waals surface area contributed by atoms with Gasteiger partial charge in [0.1, 0.15) is 6.79 Å². The second-order valence-corrected chi connectivity index (χ2v) is 3.93. The largest absolute Gasteiger partial charge is 0.355 e. The van der Waals surface area contributed by atoms with Gasteiger partial charge in [-0.1, -0.05) is 39.0 Å². The molecule has 1 heterocycles. The summed E-state index contributed by atoms with van der Waals surface area (Å²) < 4.78 is 10.5. The van der Waals surface area contributed by atoms with E-state index < -0.39 is 0 Å². The molecule has 13 heavy (non-hydrogen) atoms. The van der Waals surface area contributed by atoms with Crippen molar-refractivity contribution in [1.82, 2.24) is 0 Å². The van der Waals surface area contributed by atoms with E-state index in [0.29, 0.717) is 12.7 Å². The Morgan fingerprint density at radius 2 is 1.69 bits per heavy atom. The van der Waals surface area contributed by atoms with Crippen LogP contribution in [0.25, 0.3) is 0 Å². The predicted molar refractivity (Wildman–Crippen MR) is 53.6 cm³/mol. The third-order valence-corrected chi connectivity index (χ3v) is 2.59. The topological polar surface area (TPSA) is 18.5 Å². The van der Waals surface area contributed by atoms with E-state index >= 15 is 0 Å². The average Bonchev–Trinajstić information content (AvgIpc) is 2.19. The number of unbranched alkanes of at least 4 members (excludes halogenated alkanes) is 4. The SMILES string of the molecule is CCCCCCCC1COCOC1. The molecule has 0 unspecified atom stereocenters. The fourth-order valence-electron chi connectivity index (χ4n) is 1.74. The normalized spacial score (nSPS) is 19.2. The van der Waals surface area contributed by atoms with Crippen molar-refractivity contribution in [2.24, 2.45) is 5.92 Å². The first-order valence-corrected chi connectivity index (χ1v) is 5.59. The molecule has 1 aliphatic heterocycles. The number of hydrogen-bond acceptors (Lipinski definition) is 2. The van der Waals surface area contributed by atoms with Crippen molar-refractivity contribution in [3.8, 4) is 0 Å². The standard InChI is InChI=1S/C11H22O2/c1-2-3-4-5-6-7-11-8-12-10-13-9-11/h11H,2-10H2,1H3. The molecule has 1 saturated heterocycles. The van der Waals surface area contributed by atoms with Crippen LogP contribution in [0.1, 0.15) is 45.4 Å². The van der Waals surface area contributed by atoms with Gasteiger partial charge in [0.05, 0.1) is 13.2 Å². The van der Waals surface area contributed by atoms with Gasteiger partial charge in [0.15, 0.2) is 0 Å². The minimum absolute atomic E-state index is 0.506. The van der Waals surface area contributed by atoms with Gasteiger partial charge < -0.3 is 9.47 Å². The zero-order valence-electron chi connectivity index (χ0n) is 8.76. The highest BCUT2D eigenvalue weighted by Gasteiger charge is 2.13. The second-order valence-electron chi connectivity index (χ2n) is 3.93. The third-order valence-electron chi connectivity index (χ3n) is 2.59. The molecule has 1 aliphatic rings. The minimum atomic E-state index is 0.506. The van der Waals surface area contributed by atoms with Gasteiger partial charge >= 0.3 is 0 Å². The molecule has 1 fully saturated rings. The molecule has 2 heteroatoms. The lowest BCUT2D eigenvalue weighted by molar-refractivity contribution is -0.127. The zero-order chi connectivity index (χ0) is 9.36. The quantitative estimate of drug-likeness (QED) is 0.594. The second kappa shape index (κ2) is 7.34. The lowest BCUT2D eigenvalue weighted by atomic mass is 10.0. The summed E-state index contributed by atoms with van der Waals surface area (Å²) in [7, 11) is 0. The average molecular weight is 186 g/mol. The summed E-state index contributed by atoms with van der Waals surface area (Å²) in [5.41, 5.74) is 0. The van der Waals surface area contributed by atoms with Crippen LogP contribution in [0, 0.1) is 5.92 Å². The van der Waals surface area contributed by atoms with Gasteiger partial charge in [0.2, 0.25) is 0 Å². The highest BCUT2D eigenvalue weighted by atomic mass is 16.7. The summed E-state index contributed by atoms with van der Waals surface area (Å²) >= 11 is 0. The van der Waals surface area contributed by atoms with Crippen LogP contribution in [-0.4, -0.2) is 20.0 Å². The Morgan fingerprint density at radius 1 is 1.00 bits per heavy atom. The van der Waals surface area contributed by atoms with E-state index in [9.17, 15) is 0 Å². The number of ether oxygens (including phenoxy) is 2. The predicted octanol–water partition coefficient (Wildman–Crippen LogP) is 2.97. The molecule has 1 rings (SSSR count). The van der Waals surface area contributed by atoms with Crippen molar-refractivity contribution in [2.75, 3.05) is 20.0 Å². The Morgan fingerprint density at radius 3 is 2.38 bits per heavy atom. The lowest BCUT2D eigenvalue weighted by Crippen LogP contribution is -2.23. The van der Waals surface area contributed by atoms with Gasteiger partial charge in [-0.25, -0.2) is 0 Å². The van der Waals surface area contributed by atoms with Crippen LogP contribution < -0.4 is 0 Å². The Hall–Kier alpha value is -0.0800. The van der Waals surface area contributed by atoms with Crippen molar-refractivity contribution >= 4 is 0 Å². The smallest absolute Gasteiger partial charge is 0.146 e. The van der Waals surface area contributed by atoms with Gasteiger partial charge in [-0.2, -0.15) is 0 Å². The molecular weight excluding hydrogens is 164 g/mol. The van der Waals surface area contributed by atoms with Crippen molar-refractivity contribution in [3.63, 3.8) is 0 Å². The molecule has 78 valence electrons. The molecule has 0 aromatic carbocycles. The molecule has 0 saturated carbocycles. The summed E-state index contributed by atoms with van der Waals surface area (Å²) in [4.78, 5) is 0. The molecule has 0 aromatic rings. The van der Waals surface area contributed by atoms with Gasteiger partial charge in [-0.05, 0) is 6.42 Å². The maximum absolute atomic E-state index is 5.24. The molecule has 0 N–H and O–H groups in total. The molecular formula is C11H22O2. The van der Waals surface area contributed by atoms with Crippen LogP contribution in [0.2, 0.25) is 0 Å². The fourth-order valence-corrected chi connectivity index (χ4v) is 1.74. The maximum atomic E-state index is 5.24. The van der Waals surface area contributed by atoms with Crippen LogP contribution >= 0.6 is 0 Å². The van der Waals surface area contributed by atoms with Crippen molar-refractivity contribution < 1.29 is 9.47 Å². The van der Waals surface area contributed by atoms with Crippen LogP contribution in [-0.2, 0) is 9.47 Å². The molecule has 0 spiro atoms. The molecule has 0 bridgehead atoms. The van der Waals surface area contributed by atoms with Crippen molar-refractivity contribution in [2.45, 2.75) is 45.4 Å². The van der Waals surface area contributed by atoms with Gasteiger partial charge in [-0.15, -0.1) is 0 Å². The fraction of sp³-hybridized carbons (Fsp3) is 1.00. The van der Waals surface area contributed by atoms with Gasteiger partial charge in [0, 0.05) is 5.92 Å². The van der Waals surface area contributed by atoms with Crippen molar-refractivity contribution in [3.05, 3.63) is 0 Å². The minimum Gasteiger partial charge on any atom is -0.355 e. The number of hydrogen-bond donors (Lipinski definition) is 0. The van der Waals surface area contributed by atoms with Crippen LogP contribution in [0.4, 0.5) is 0 Å². The first-order chi connectivity index (χ1) is 6.43. The van der Waals surface area contributed by atoms with Gasteiger partial charge in [0.25, 0.3) is 0 Å². The van der Waals surface area contributed by atoms with E-state index in [2.05, 4.69) is 6.92 Å². The molecule has 0 aliphatic carbocycles. The van der Waals surface area contributed by atoms with Crippen LogP contribution in [0.3, 0.4) is 0 Å². The van der Waals surface area contributed by atoms with Gasteiger partial charge in [-0.3, -0.25) is 0 Å². The zero-order valence-corrected chi connectivity index (χ0v) is 8.76. The molecule has 0 aromatic heterocycles. The Labute approximate surface area is 81.6 Å². The molecule has 0 atom stereocenters. The number of rotatable bonds is 6. The lowest BCUT2D eigenvalue weighted by Gasteiger charge is -2.21. The van der Waals surface area contributed by atoms with Crippen LogP contribution in [0.5, 0.6) is 0 Å². The van der Waals surface area contributed by atoms with E-state index in [-0.39, 0.29) is 0 Å². The summed E-state index contributed by atoms with van der Waals surface area (Å²) in [5.74, 6) is 0.662. The Bertz CT molecular complexity index is 109. The summed E-state index contributed by atoms with van der Waals surface area (Å²) in [5, 5.41) is 0. The van der Waals surface area contributed by atoms with E-state index in [1.807, 2.05) is 0 Å². The first-order valence-electron chi connectivity index (χ1n) is 5.59. The Balaban J connectivity index is 1.86.